The topological polar surface area (TPSA) is 89.9 Å². The van der Waals surface area contributed by atoms with E-state index in [1.165, 1.54) is 4.90 Å². The van der Waals surface area contributed by atoms with Crippen LogP contribution in [0.1, 0.15) is 6.42 Å². The van der Waals surface area contributed by atoms with Crippen LogP contribution in [0, 0.1) is 0 Å². The van der Waals surface area contributed by atoms with Crippen LogP contribution in [0.3, 0.4) is 0 Å². The SMILES string of the molecule is C=CCSCCNC(=O)N1CC(O)CC1C(=O)O. The Hall–Kier alpha value is -1.21. The van der Waals surface area contributed by atoms with Crippen LogP contribution in [0.5, 0.6) is 0 Å². The molecule has 0 spiro atoms. The van der Waals surface area contributed by atoms with Crippen LogP contribution in [0.15, 0.2) is 12.7 Å². The van der Waals surface area contributed by atoms with Crippen molar-refractivity contribution in [2.24, 2.45) is 0 Å². The Morgan fingerprint density at radius 3 is 2.89 bits per heavy atom. The van der Waals surface area contributed by atoms with Crippen LogP contribution in [-0.4, -0.2) is 63.9 Å². The van der Waals surface area contributed by atoms with Crippen molar-refractivity contribution in [1.82, 2.24) is 10.2 Å². The van der Waals surface area contributed by atoms with Gasteiger partial charge in [0.1, 0.15) is 6.04 Å². The molecule has 1 aliphatic heterocycles. The number of aliphatic hydroxyl groups excluding tert-OH is 1. The average molecular weight is 274 g/mol. The average Bonchev–Trinajstić information content (AvgIpc) is 2.71. The van der Waals surface area contributed by atoms with Crippen molar-refractivity contribution < 1.29 is 19.8 Å². The maximum Gasteiger partial charge on any atom is 0.326 e. The monoisotopic (exact) mass is 274 g/mol. The van der Waals surface area contributed by atoms with E-state index >= 15 is 0 Å². The van der Waals surface area contributed by atoms with E-state index in [1.54, 1.807) is 17.8 Å². The van der Waals surface area contributed by atoms with E-state index in [4.69, 9.17) is 5.11 Å². The summed E-state index contributed by atoms with van der Waals surface area (Å²) in [5.74, 6) is 0.477. The van der Waals surface area contributed by atoms with E-state index in [0.717, 1.165) is 11.5 Å². The van der Waals surface area contributed by atoms with Crippen LogP contribution in [0.2, 0.25) is 0 Å². The second-order valence-electron chi connectivity index (χ2n) is 3.99. The molecule has 1 saturated heterocycles. The number of carbonyl (C=O) groups is 2. The molecule has 6 nitrogen and oxygen atoms in total. The van der Waals surface area contributed by atoms with Gasteiger partial charge in [-0.3, -0.25) is 0 Å². The lowest BCUT2D eigenvalue weighted by Gasteiger charge is -2.21. The summed E-state index contributed by atoms with van der Waals surface area (Å²) in [5, 5.41) is 21.0. The van der Waals surface area contributed by atoms with Gasteiger partial charge in [0, 0.05) is 31.0 Å². The second-order valence-corrected chi connectivity index (χ2v) is 5.14. The number of thioether (sulfide) groups is 1. The normalized spacial score (nSPS) is 22.8. The number of aliphatic hydroxyl groups is 1. The summed E-state index contributed by atoms with van der Waals surface area (Å²) < 4.78 is 0. The van der Waals surface area contributed by atoms with Crippen LogP contribution < -0.4 is 5.32 Å². The van der Waals surface area contributed by atoms with Gasteiger partial charge >= 0.3 is 12.0 Å². The Morgan fingerprint density at radius 1 is 1.56 bits per heavy atom. The molecule has 1 fully saturated rings. The predicted octanol–water partition coefficient (Wildman–Crippen LogP) is 0.135. The quantitative estimate of drug-likeness (QED) is 0.473. The summed E-state index contributed by atoms with van der Waals surface area (Å²) in [6.07, 6.45) is 1.12. The standard InChI is InChI=1S/C11H18N2O4S/c1-2-4-18-5-3-12-11(17)13-7-8(14)6-9(13)10(15)16/h2,8-9,14H,1,3-7H2,(H,12,17)(H,15,16). The molecule has 102 valence electrons. The maximum absolute atomic E-state index is 11.7. The number of hydrogen-bond acceptors (Lipinski definition) is 4. The lowest BCUT2D eigenvalue weighted by molar-refractivity contribution is -0.141. The fraction of sp³-hybridized carbons (Fsp3) is 0.636. The number of urea groups is 1. The molecular weight excluding hydrogens is 256 g/mol. The largest absolute Gasteiger partial charge is 0.480 e. The van der Waals surface area contributed by atoms with Gasteiger partial charge in [-0.2, -0.15) is 11.8 Å². The van der Waals surface area contributed by atoms with E-state index in [1.807, 2.05) is 0 Å². The van der Waals surface area contributed by atoms with Crippen molar-refractivity contribution in [1.29, 1.82) is 0 Å². The van der Waals surface area contributed by atoms with Crippen molar-refractivity contribution in [2.45, 2.75) is 18.6 Å². The molecule has 0 saturated carbocycles. The van der Waals surface area contributed by atoms with E-state index < -0.39 is 24.1 Å². The lowest BCUT2D eigenvalue weighted by Crippen LogP contribution is -2.46. The summed E-state index contributed by atoms with van der Waals surface area (Å²) in [6.45, 7) is 4.13. The van der Waals surface area contributed by atoms with Crippen LogP contribution in [0.25, 0.3) is 0 Å². The minimum Gasteiger partial charge on any atom is -0.480 e. The number of likely N-dealkylation sites (tertiary alicyclic amines) is 1. The number of carboxylic acids is 1. The molecule has 0 aromatic heterocycles. The first kappa shape index (κ1) is 14.8. The summed E-state index contributed by atoms with van der Waals surface area (Å²) in [7, 11) is 0. The third kappa shape index (κ3) is 4.23. The highest BCUT2D eigenvalue weighted by Gasteiger charge is 2.38. The molecule has 0 aromatic carbocycles. The number of amides is 2. The smallest absolute Gasteiger partial charge is 0.326 e. The number of β-amino-alcohol motifs (C(OH)–C–C–N with tert-alkyl or cyclic N) is 1. The van der Waals surface area contributed by atoms with Gasteiger partial charge in [-0.25, -0.2) is 9.59 Å². The van der Waals surface area contributed by atoms with Gasteiger partial charge in [0.2, 0.25) is 0 Å². The number of nitrogens with zero attached hydrogens (tertiary/aromatic N) is 1. The van der Waals surface area contributed by atoms with Gasteiger partial charge in [0.05, 0.1) is 6.10 Å². The molecule has 1 heterocycles. The van der Waals surface area contributed by atoms with Crippen molar-refractivity contribution >= 4 is 23.8 Å². The highest BCUT2D eigenvalue weighted by molar-refractivity contribution is 7.99. The van der Waals surface area contributed by atoms with Gasteiger partial charge in [-0.15, -0.1) is 6.58 Å². The van der Waals surface area contributed by atoms with Gasteiger partial charge in [-0.05, 0) is 0 Å². The van der Waals surface area contributed by atoms with Crippen LogP contribution in [0.4, 0.5) is 4.79 Å². The number of hydrogen-bond donors (Lipinski definition) is 3. The first-order valence-corrected chi connectivity index (χ1v) is 6.85. The summed E-state index contributed by atoms with van der Waals surface area (Å²) in [5.41, 5.74) is 0. The van der Waals surface area contributed by atoms with Gasteiger partial charge in [0.25, 0.3) is 0 Å². The third-order valence-corrected chi connectivity index (χ3v) is 3.55. The van der Waals surface area contributed by atoms with Gasteiger partial charge < -0.3 is 20.4 Å². The first-order valence-electron chi connectivity index (χ1n) is 5.70. The molecule has 1 rings (SSSR count). The highest BCUT2D eigenvalue weighted by Crippen LogP contribution is 2.17. The summed E-state index contributed by atoms with van der Waals surface area (Å²) in [6, 6.07) is -1.36. The number of nitrogens with one attached hydrogen (secondary N) is 1. The second kappa shape index (κ2) is 7.27. The number of rotatable bonds is 6. The first-order chi connectivity index (χ1) is 8.56. The summed E-state index contributed by atoms with van der Waals surface area (Å²) in [4.78, 5) is 23.9. The minimum atomic E-state index is -1.08. The molecule has 0 bridgehead atoms. The molecule has 7 heteroatoms. The molecular formula is C11H18N2O4S. The maximum atomic E-state index is 11.7. The molecule has 2 atom stereocenters. The number of carbonyl (C=O) groups excluding carboxylic acids is 1. The Bertz CT molecular complexity index is 324. The fourth-order valence-corrected chi connectivity index (χ4v) is 2.35. The fourth-order valence-electron chi connectivity index (χ4n) is 1.77. The van der Waals surface area contributed by atoms with Crippen molar-refractivity contribution in [2.75, 3.05) is 24.6 Å². The Morgan fingerprint density at radius 2 is 2.28 bits per heavy atom. The predicted molar refractivity (Wildman–Crippen MR) is 69.7 cm³/mol. The third-order valence-electron chi connectivity index (χ3n) is 2.58. The Labute approximate surface area is 110 Å². The molecule has 18 heavy (non-hydrogen) atoms. The van der Waals surface area contributed by atoms with Crippen molar-refractivity contribution in [3.8, 4) is 0 Å². The lowest BCUT2D eigenvalue weighted by atomic mass is 10.2. The molecule has 0 radical (unpaired) electrons. The van der Waals surface area contributed by atoms with Crippen molar-refractivity contribution in [3.63, 3.8) is 0 Å². The van der Waals surface area contributed by atoms with Gasteiger partial charge in [0.15, 0.2) is 0 Å². The Kier molecular flexibility index (Phi) is 6.00. The highest BCUT2D eigenvalue weighted by atomic mass is 32.2. The van der Waals surface area contributed by atoms with E-state index in [9.17, 15) is 14.7 Å². The molecule has 0 aliphatic carbocycles. The molecule has 2 unspecified atom stereocenters. The van der Waals surface area contributed by atoms with Crippen LogP contribution >= 0.6 is 11.8 Å². The van der Waals surface area contributed by atoms with Crippen molar-refractivity contribution in [3.05, 3.63) is 12.7 Å². The van der Waals surface area contributed by atoms with E-state index in [0.29, 0.717) is 6.54 Å². The zero-order chi connectivity index (χ0) is 13.5. The zero-order valence-electron chi connectivity index (χ0n) is 10.0. The minimum absolute atomic E-state index is 0.0720. The van der Waals surface area contributed by atoms with E-state index in [2.05, 4.69) is 11.9 Å². The number of carboxylic acid groups (broad SMARTS) is 1. The van der Waals surface area contributed by atoms with Gasteiger partial charge in [-0.1, -0.05) is 6.08 Å². The zero-order valence-corrected chi connectivity index (χ0v) is 10.9. The summed E-state index contributed by atoms with van der Waals surface area (Å²) >= 11 is 1.63. The molecule has 2 amide bonds. The van der Waals surface area contributed by atoms with Crippen LogP contribution in [-0.2, 0) is 4.79 Å². The Balaban J connectivity index is 2.35. The molecule has 0 aromatic rings. The number of aliphatic carboxylic acids is 1. The van der Waals surface area contributed by atoms with E-state index in [-0.39, 0.29) is 13.0 Å². The molecule has 3 N–H and O–H groups in total. The molecule has 1 aliphatic rings.